The average molecular weight is 289 g/mol. The standard InChI is InChI=1S/C15H19N3O3/c1-10(2)14(15(20)21-3)17-9-13(19)18-12-6-4-11(8-16)5-7-12/h4-7,10,14,17H,9H2,1-3H3,(H,18,19). The van der Waals surface area contributed by atoms with E-state index in [9.17, 15) is 9.59 Å². The molecule has 0 aliphatic heterocycles. The van der Waals surface area contributed by atoms with E-state index in [0.29, 0.717) is 11.3 Å². The van der Waals surface area contributed by atoms with E-state index in [4.69, 9.17) is 5.26 Å². The molecule has 0 radical (unpaired) electrons. The molecule has 112 valence electrons. The number of amides is 1. The number of hydrogen-bond acceptors (Lipinski definition) is 5. The van der Waals surface area contributed by atoms with Crippen LogP contribution in [0.4, 0.5) is 5.69 Å². The Morgan fingerprint density at radius 1 is 1.29 bits per heavy atom. The Balaban J connectivity index is 2.52. The minimum atomic E-state index is -0.526. The van der Waals surface area contributed by atoms with E-state index in [1.807, 2.05) is 19.9 Å². The van der Waals surface area contributed by atoms with Gasteiger partial charge in [0.15, 0.2) is 0 Å². The Morgan fingerprint density at radius 3 is 2.38 bits per heavy atom. The molecule has 0 aromatic heterocycles. The van der Waals surface area contributed by atoms with E-state index in [1.165, 1.54) is 7.11 Å². The van der Waals surface area contributed by atoms with Crippen molar-refractivity contribution in [3.05, 3.63) is 29.8 Å². The van der Waals surface area contributed by atoms with Crippen LogP contribution >= 0.6 is 0 Å². The van der Waals surface area contributed by atoms with Crippen molar-refractivity contribution < 1.29 is 14.3 Å². The second kappa shape index (κ2) is 8.02. The van der Waals surface area contributed by atoms with Gasteiger partial charge in [0, 0.05) is 5.69 Å². The molecule has 1 atom stereocenters. The van der Waals surface area contributed by atoms with Gasteiger partial charge in [0.25, 0.3) is 0 Å². The van der Waals surface area contributed by atoms with Crippen molar-refractivity contribution in [2.24, 2.45) is 5.92 Å². The highest BCUT2D eigenvalue weighted by Gasteiger charge is 2.22. The molecule has 1 unspecified atom stereocenters. The minimum Gasteiger partial charge on any atom is -0.468 e. The van der Waals surface area contributed by atoms with Crippen LogP contribution in [0.15, 0.2) is 24.3 Å². The van der Waals surface area contributed by atoms with Gasteiger partial charge in [-0.15, -0.1) is 0 Å². The number of nitriles is 1. The van der Waals surface area contributed by atoms with E-state index < -0.39 is 12.0 Å². The van der Waals surface area contributed by atoms with Gasteiger partial charge in [-0.3, -0.25) is 14.9 Å². The molecule has 0 fully saturated rings. The van der Waals surface area contributed by atoms with Gasteiger partial charge in [0.05, 0.1) is 25.3 Å². The summed E-state index contributed by atoms with van der Waals surface area (Å²) in [6.45, 7) is 3.73. The van der Waals surface area contributed by atoms with E-state index in [0.717, 1.165) is 0 Å². The summed E-state index contributed by atoms with van der Waals surface area (Å²) in [5, 5.41) is 14.2. The lowest BCUT2D eigenvalue weighted by Gasteiger charge is -2.19. The third-order valence-corrected chi connectivity index (χ3v) is 2.90. The van der Waals surface area contributed by atoms with Gasteiger partial charge in [-0.25, -0.2) is 0 Å². The molecular weight excluding hydrogens is 270 g/mol. The Labute approximate surface area is 124 Å². The lowest BCUT2D eigenvalue weighted by molar-refractivity contribution is -0.144. The Morgan fingerprint density at radius 2 is 1.90 bits per heavy atom. The van der Waals surface area contributed by atoms with Crippen molar-refractivity contribution in [3.8, 4) is 6.07 Å². The molecule has 1 rings (SSSR count). The molecule has 0 saturated carbocycles. The van der Waals surface area contributed by atoms with E-state index in [-0.39, 0.29) is 18.4 Å². The number of esters is 1. The van der Waals surface area contributed by atoms with Crippen LogP contribution in [0.5, 0.6) is 0 Å². The lowest BCUT2D eigenvalue weighted by atomic mass is 10.0. The molecule has 21 heavy (non-hydrogen) atoms. The number of carbonyl (C=O) groups excluding carboxylic acids is 2. The molecule has 0 spiro atoms. The Bertz CT molecular complexity index is 532. The number of nitrogens with zero attached hydrogens (tertiary/aromatic N) is 1. The molecule has 2 N–H and O–H groups in total. The molecular formula is C15H19N3O3. The largest absolute Gasteiger partial charge is 0.468 e. The smallest absolute Gasteiger partial charge is 0.323 e. The maximum atomic E-state index is 11.8. The Hall–Kier alpha value is -2.39. The summed E-state index contributed by atoms with van der Waals surface area (Å²) in [5.41, 5.74) is 1.12. The van der Waals surface area contributed by atoms with Gasteiger partial charge in [-0.05, 0) is 30.2 Å². The van der Waals surface area contributed by atoms with Crippen LogP contribution in [0.2, 0.25) is 0 Å². The average Bonchev–Trinajstić information content (AvgIpc) is 2.47. The molecule has 0 aliphatic rings. The van der Waals surface area contributed by atoms with Crippen LogP contribution in [-0.4, -0.2) is 31.6 Å². The molecule has 0 bridgehead atoms. The molecule has 0 saturated heterocycles. The third-order valence-electron chi connectivity index (χ3n) is 2.90. The van der Waals surface area contributed by atoms with Gasteiger partial charge < -0.3 is 10.1 Å². The number of methoxy groups -OCH3 is 1. The van der Waals surface area contributed by atoms with E-state index >= 15 is 0 Å². The summed E-state index contributed by atoms with van der Waals surface area (Å²) in [6.07, 6.45) is 0. The zero-order valence-corrected chi connectivity index (χ0v) is 12.3. The first kappa shape index (κ1) is 16.7. The fourth-order valence-corrected chi connectivity index (χ4v) is 1.75. The van der Waals surface area contributed by atoms with Crippen molar-refractivity contribution in [1.29, 1.82) is 5.26 Å². The van der Waals surface area contributed by atoms with Crippen molar-refractivity contribution in [3.63, 3.8) is 0 Å². The number of nitrogens with one attached hydrogen (secondary N) is 2. The van der Waals surface area contributed by atoms with Crippen molar-refractivity contribution in [2.45, 2.75) is 19.9 Å². The number of anilines is 1. The van der Waals surface area contributed by atoms with Crippen LogP contribution in [0.3, 0.4) is 0 Å². The quantitative estimate of drug-likeness (QED) is 0.770. The minimum absolute atomic E-state index is 0.00204. The highest BCUT2D eigenvalue weighted by atomic mass is 16.5. The summed E-state index contributed by atoms with van der Waals surface area (Å²) in [5.74, 6) is -0.648. The highest BCUT2D eigenvalue weighted by Crippen LogP contribution is 2.08. The van der Waals surface area contributed by atoms with Crippen molar-refractivity contribution >= 4 is 17.6 Å². The summed E-state index contributed by atoms with van der Waals surface area (Å²) in [7, 11) is 1.32. The van der Waals surface area contributed by atoms with Crippen LogP contribution < -0.4 is 10.6 Å². The molecule has 1 aromatic carbocycles. The first-order valence-electron chi connectivity index (χ1n) is 6.59. The number of rotatable bonds is 6. The number of benzene rings is 1. The number of hydrogen-bond donors (Lipinski definition) is 2. The van der Waals surface area contributed by atoms with Crippen LogP contribution in [0.25, 0.3) is 0 Å². The highest BCUT2D eigenvalue weighted by molar-refractivity contribution is 5.92. The zero-order valence-electron chi connectivity index (χ0n) is 12.3. The predicted molar refractivity (Wildman–Crippen MR) is 78.4 cm³/mol. The van der Waals surface area contributed by atoms with E-state index in [1.54, 1.807) is 24.3 Å². The van der Waals surface area contributed by atoms with Gasteiger partial charge in [0.1, 0.15) is 6.04 Å². The Kier molecular flexibility index (Phi) is 6.37. The fraction of sp³-hybridized carbons (Fsp3) is 0.400. The number of ether oxygens (including phenoxy) is 1. The summed E-state index contributed by atoms with van der Waals surface area (Å²) in [4.78, 5) is 23.4. The third kappa shape index (κ3) is 5.24. The van der Waals surface area contributed by atoms with Crippen molar-refractivity contribution in [1.82, 2.24) is 5.32 Å². The topological polar surface area (TPSA) is 91.2 Å². The fourth-order valence-electron chi connectivity index (χ4n) is 1.75. The molecule has 0 aliphatic carbocycles. The van der Waals surface area contributed by atoms with Gasteiger partial charge >= 0.3 is 5.97 Å². The summed E-state index contributed by atoms with van der Waals surface area (Å²) in [6, 6.07) is 8.01. The molecule has 6 heteroatoms. The van der Waals surface area contributed by atoms with E-state index in [2.05, 4.69) is 15.4 Å². The predicted octanol–water partition coefficient (Wildman–Crippen LogP) is 1.28. The van der Waals surface area contributed by atoms with Gasteiger partial charge in [-0.2, -0.15) is 5.26 Å². The van der Waals surface area contributed by atoms with Gasteiger partial charge in [-0.1, -0.05) is 13.8 Å². The second-order valence-corrected chi connectivity index (χ2v) is 4.86. The number of carbonyl (C=O) groups is 2. The lowest BCUT2D eigenvalue weighted by Crippen LogP contribution is -2.45. The zero-order chi connectivity index (χ0) is 15.8. The maximum absolute atomic E-state index is 11.8. The molecule has 1 aromatic rings. The van der Waals surface area contributed by atoms with Crippen LogP contribution in [-0.2, 0) is 14.3 Å². The van der Waals surface area contributed by atoms with Crippen molar-refractivity contribution in [2.75, 3.05) is 19.0 Å². The molecule has 0 heterocycles. The summed E-state index contributed by atoms with van der Waals surface area (Å²) >= 11 is 0. The monoisotopic (exact) mass is 289 g/mol. The van der Waals surface area contributed by atoms with Gasteiger partial charge in [0.2, 0.25) is 5.91 Å². The second-order valence-electron chi connectivity index (χ2n) is 4.86. The maximum Gasteiger partial charge on any atom is 0.323 e. The first-order valence-corrected chi connectivity index (χ1v) is 6.59. The SMILES string of the molecule is COC(=O)C(NCC(=O)Nc1ccc(C#N)cc1)C(C)C. The summed E-state index contributed by atoms with van der Waals surface area (Å²) < 4.78 is 4.69. The molecule has 1 amide bonds. The van der Waals surface area contributed by atoms with Crippen LogP contribution in [0.1, 0.15) is 19.4 Å². The first-order chi connectivity index (χ1) is 9.97. The molecule has 6 nitrogen and oxygen atoms in total. The normalized spacial score (nSPS) is 11.6. The van der Waals surface area contributed by atoms with Crippen LogP contribution in [0, 0.1) is 17.2 Å².